The molecule has 0 atom stereocenters. The first-order valence-corrected chi connectivity index (χ1v) is 10.6. The highest BCUT2D eigenvalue weighted by molar-refractivity contribution is 5.94. The molecule has 29 heavy (non-hydrogen) atoms. The highest BCUT2D eigenvalue weighted by Gasteiger charge is 2.18. The van der Waals surface area contributed by atoms with Gasteiger partial charge in [0.1, 0.15) is 0 Å². The summed E-state index contributed by atoms with van der Waals surface area (Å²) in [6.45, 7) is 6.76. The van der Waals surface area contributed by atoms with Crippen LogP contribution in [0, 0.1) is 0 Å². The van der Waals surface area contributed by atoms with Crippen molar-refractivity contribution in [3.63, 3.8) is 0 Å². The molecule has 152 valence electrons. The van der Waals surface area contributed by atoms with Crippen LogP contribution in [-0.2, 0) is 6.54 Å². The first-order valence-electron chi connectivity index (χ1n) is 10.6. The minimum absolute atomic E-state index is 0.515. The number of piperazine rings is 1. The van der Waals surface area contributed by atoms with Crippen molar-refractivity contribution in [2.75, 3.05) is 44.2 Å². The summed E-state index contributed by atoms with van der Waals surface area (Å²) < 4.78 is 5.73. The van der Waals surface area contributed by atoms with E-state index in [0.717, 1.165) is 51.1 Å². The smallest absolute Gasteiger partial charge is 0.213 e. The summed E-state index contributed by atoms with van der Waals surface area (Å²) in [6.07, 6.45) is 3.98. The predicted molar refractivity (Wildman–Crippen MR) is 119 cm³/mol. The van der Waals surface area contributed by atoms with Gasteiger partial charge in [-0.15, -0.1) is 0 Å². The van der Waals surface area contributed by atoms with Crippen molar-refractivity contribution in [3.05, 3.63) is 66.4 Å². The van der Waals surface area contributed by atoms with Crippen molar-refractivity contribution in [1.29, 1.82) is 0 Å². The predicted octanol–water partition coefficient (Wildman–Crippen LogP) is 3.67. The van der Waals surface area contributed by atoms with Gasteiger partial charge in [0.2, 0.25) is 5.88 Å². The molecule has 5 heteroatoms. The number of unbranched alkanes of at least 4 members (excludes halogenated alkanes) is 1. The van der Waals surface area contributed by atoms with Crippen molar-refractivity contribution in [2.45, 2.75) is 19.4 Å². The zero-order valence-electron chi connectivity index (χ0n) is 17.0. The highest BCUT2D eigenvalue weighted by atomic mass is 16.5. The van der Waals surface area contributed by atoms with Gasteiger partial charge >= 0.3 is 0 Å². The van der Waals surface area contributed by atoms with E-state index in [-0.39, 0.29) is 0 Å². The number of benzene rings is 2. The van der Waals surface area contributed by atoms with Crippen LogP contribution in [0.5, 0.6) is 5.88 Å². The Kier molecular flexibility index (Phi) is 6.60. The number of anilines is 1. The number of hydrogen-bond donors (Lipinski definition) is 1. The van der Waals surface area contributed by atoms with Crippen molar-refractivity contribution >= 4 is 16.5 Å². The molecular formula is C24H30N4O. The maximum Gasteiger partial charge on any atom is 0.213 e. The lowest BCUT2D eigenvalue weighted by molar-refractivity contribution is 0.236. The molecule has 1 aliphatic rings. The van der Waals surface area contributed by atoms with Gasteiger partial charge in [0.25, 0.3) is 0 Å². The van der Waals surface area contributed by atoms with E-state index in [1.54, 1.807) is 6.20 Å². The summed E-state index contributed by atoms with van der Waals surface area (Å²) in [4.78, 5) is 9.37. The standard InChI is InChI=1S/C24H30N4O/c25-18-20-10-11-24(26-19-20)29-17-4-3-12-27-13-15-28(16-14-27)23-9-5-7-21-6-1-2-8-22(21)23/h1-2,5-11,19H,3-4,12-18,25H2. The van der Waals surface area contributed by atoms with E-state index in [2.05, 4.69) is 57.2 Å². The van der Waals surface area contributed by atoms with Crippen LogP contribution in [0.3, 0.4) is 0 Å². The Morgan fingerprint density at radius 2 is 1.72 bits per heavy atom. The molecule has 0 radical (unpaired) electrons. The van der Waals surface area contributed by atoms with Crippen LogP contribution >= 0.6 is 0 Å². The fraction of sp³-hybridized carbons (Fsp3) is 0.375. The third-order valence-electron chi connectivity index (χ3n) is 5.63. The van der Waals surface area contributed by atoms with Crippen LogP contribution < -0.4 is 15.4 Å². The van der Waals surface area contributed by atoms with Gasteiger partial charge in [0.05, 0.1) is 6.61 Å². The normalized spacial score (nSPS) is 15.0. The molecule has 4 rings (SSSR count). The summed E-state index contributed by atoms with van der Waals surface area (Å²) in [5.74, 6) is 0.686. The molecule has 0 aliphatic carbocycles. The minimum Gasteiger partial charge on any atom is -0.478 e. The average molecular weight is 391 g/mol. The summed E-state index contributed by atoms with van der Waals surface area (Å²) in [5.41, 5.74) is 7.98. The summed E-state index contributed by atoms with van der Waals surface area (Å²) in [6, 6.07) is 19.2. The topological polar surface area (TPSA) is 54.6 Å². The Morgan fingerprint density at radius 1 is 0.897 bits per heavy atom. The number of ether oxygens (including phenoxy) is 1. The zero-order valence-corrected chi connectivity index (χ0v) is 17.0. The summed E-state index contributed by atoms with van der Waals surface area (Å²) >= 11 is 0. The first-order chi connectivity index (χ1) is 14.3. The fourth-order valence-electron chi connectivity index (χ4n) is 3.93. The SMILES string of the molecule is NCc1ccc(OCCCCN2CCN(c3cccc4ccccc34)CC2)nc1. The monoisotopic (exact) mass is 390 g/mol. The van der Waals surface area contributed by atoms with E-state index < -0.39 is 0 Å². The van der Waals surface area contributed by atoms with Gasteiger partial charge in [-0.1, -0.05) is 42.5 Å². The van der Waals surface area contributed by atoms with Gasteiger partial charge in [-0.05, 0) is 36.4 Å². The number of fused-ring (bicyclic) bond motifs is 1. The van der Waals surface area contributed by atoms with Crippen LogP contribution in [0.1, 0.15) is 18.4 Å². The van der Waals surface area contributed by atoms with Crippen molar-refractivity contribution in [2.24, 2.45) is 5.73 Å². The van der Waals surface area contributed by atoms with E-state index in [1.165, 1.54) is 16.5 Å². The first kappa shape index (κ1) is 19.7. The zero-order chi connectivity index (χ0) is 19.9. The molecule has 3 aromatic rings. The van der Waals surface area contributed by atoms with Crippen molar-refractivity contribution in [3.8, 4) is 5.88 Å². The van der Waals surface area contributed by atoms with Gasteiger partial charge in [-0.3, -0.25) is 4.90 Å². The molecule has 1 aromatic heterocycles. The van der Waals surface area contributed by atoms with Gasteiger partial charge in [0, 0.05) is 56.1 Å². The second kappa shape index (κ2) is 9.72. The summed E-state index contributed by atoms with van der Waals surface area (Å²) in [7, 11) is 0. The van der Waals surface area contributed by atoms with Crippen LogP contribution in [0.15, 0.2) is 60.8 Å². The minimum atomic E-state index is 0.515. The van der Waals surface area contributed by atoms with E-state index in [9.17, 15) is 0 Å². The maximum absolute atomic E-state index is 5.73. The molecule has 2 N–H and O–H groups in total. The van der Waals surface area contributed by atoms with E-state index in [1.807, 2.05) is 12.1 Å². The van der Waals surface area contributed by atoms with Crippen LogP contribution in [0.4, 0.5) is 5.69 Å². The van der Waals surface area contributed by atoms with Crippen LogP contribution in [-0.4, -0.2) is 49.2 Å². The third-order valence-corrected chi connectivity index (χ3v) is 5.63. The second-order valence-corrected chi connectivity index (χ2v) is 7.59. The number of nitrogens with zero attached hydrogens (tertiary/aromatic N) is 3. The molecular weight excluding hydrogens is 360 g/mol. The van der Waals surface area contributed by atoms with E-state index in [4.69, 9.17) is 10.5 Å². The molecule has 0 bridgehead atoms. The molecule has 2 aromatic carbocycles. The molecule has 0 spiro atoms. The Morgan fingerprint density at radius 3 is 2.52 bits per heavy atom. The molecule has 5 nitrogen and oxygen atoms in total. The molecule has 2 heterocycles. The van der Waals surface area contributed by atoms with E-state index in [0.29, 0.717) is 19.0 Å². The highest BCUT2D eigenvalue weighted by Crippen LogP contribution is 2.27. The molecule has 1 saturated heterocycles. The van der Waals surface area contributed by atoms with Crippen molar-refractivity contribution < 1.29 is 4.74 Å². The maximum atomic E-state index is 5.73. The Balaban J connectivity index is 1.18. The van der Waals surface area contributed by atoms with Crippen molar-refractivity contribution in [1.82, 2.24) is 9.88 Å². The van der Waals surface area contributed by atoms with E-state index >= 15 is 0 Å². The molecule has 1 fully saturated rings. The Bertz CT molecular complexity index is 899. The summed E-state index contributed by atoms with van der Waals surface area (Å²) in [5, 5.41) is 2.67. The fourth-order valence-corrected chi connectivity index (χ4v) is 3.93. The van der Waals surface area contributed by atoms with Gasteiger partial charge < -0.3 is 15.4 Å². The lowest BCUT2D eigenvalue weighted by Crippen LogP contribution is -2.46. The number of aromatic nitrogens is 1. The number of rotatable bonds is 8. The largest absolute Gasteiger partial charge is 0.478 e. The Labute approximate surface area is 173 Å². The molecule has 1 aliphatic heterocycles. The lowest BCUT2D eigenvalue weighted by atomic mass is 10.1. The lowest BCUT2D eigenvalue weighted by Gasteiger charge is -2.36. The van der Waals surface area contributed by atoms with Gasteiger partial charge in [0.15, 0.2) is 0 Å². The number of pyridine rings is 1. The third kappa shape index (κ3) is 5.05. The second-order valence-electron chi connectivity index (χ2n) is 7.59. The number of nitrogens with two attached hydrogens (primary N) is 1. The molecule has 0 saturated carbocycles. The van der Waals surface area contributed by atoms with Crippen LogP contribution in [0.25, 0.3) is 10.8 Å². The molecule has 0 unspecified atom stereocenters. The van der Waals surface area contributed by atoms with Crippen LogP contribution in [0.2, 0.25) is 0 Å². The van der Waals surface area contributed by atoms with Gasteiger partial charge in [-0.25, -0.2) is 4.98 Å². The quantitative estimate of drug-likeness (QED) is 0.595. The number of hydrogen-bond acceptors (Lipinski definition) is 5. The average Bonchev–Trinajstić information content (AvgIpc) is 2.79. The molecule has 0 amide bonds. The van der Waals surface area contributed by atoms with Gasteiger partial charge in [-0.2, -0.15) is 0 Å². The Hall–Kier alpha value is -2.63.